The topological polar surface area (TPSA) is 114 Å². The minimum atomic E-state index is -2.62. The van der Waals surface area contributed by atoms with Crippen molar-refractivity contribution in [3.63, 3.8) is 0 Å². The molecule has 202 valence electrons. The summed E-state index contributed by atoms with van der Waals surface area (Å²) in [6, 6.07) is 7.36. The van der Waals surface area contributed by atoms with E-state index in [4.69, 9.17) is 9.15 Å². The quantitative estimate of drug-likeness (QED) is 0.410. The van der Waals surface area contributed by atoms with Gasteiger partial charge < -0.3 is 24.3 Å². The molecule has 2 aliphatic heterocycles. The van der Waals surface area contributed by atoms with E-state index >= 15 is 0 Å². The first kappa shape index (κ1) is 23.9. The number of ether oxygens (including phenoxy) is 1. The maximum absolute atomic E-state index is 13.6. The van der Waals surface area contributed by atoms with Crippen LogP contribution in [0.15, 0.2) is 41.1 Å². The summed E-state index contributed by atoms with van der Waals surface area (Å²) >= 11 is 0. The van der Waals surface area contributed by atoms with E-state index in [2.05, 4.69) is 25.4 Å². The summed E-state index contributed by atoms with van der Waals surface area (Å²) in [5, 5.41) is 7.04. The number of hydrogen-bond donors (Lipinski definition) is 1. The van der Waals surface area contributed by atoms with Crippen molar-refractivity contribution in [1.29, 1.82) is 0 Å². The highest BCUT2D eigenvalue weighted by molar-refractivity contribution is 6.09. The molecule has 0 aromatic carbocycles. The highest BCUT2D eigenvalue weighted by Crippen LogP contribution is 2.57. The predicted octanol–water partition coefficient (Wildman–Crippen LogP) is 3.34. The van der Waals surface area contributed by atoms with Gasteiger partial charge in [0.25, 0.3) is 11.9 Å². The van der Waals surface area contributed by atoms with Gasteiger partial charge in [0.2, 0.25) is 11.6 Å². The lowest BCUT2D eigenvalue weighted by Crippen LogP contribution is -2.66. The van der Waals surface area contributed by atoms with Gasteiger partial charge in [-0.1, -0.05) is 6.07 Å². The number of halogens is 2. The molecule has 3 aliphatic rings. The van der Waals surface area contributed by atoms with E-state index in [1.165, 1.54) is 0 Å². The van der Waals surface area contributed by atoms with E-state index in [0.29, 0.717) is 74.0 Å². The van der Waals surface area contributed by atoms with Crippen LogP contribution >= 0.6 is 0 Å². The van der Waals surface area contributed by atoms with Crippen molar-refractivity contribution in [1.82, 2.24) is 24.7 Å². The molecule has 0 bridgehead atoms. The molecule has 7 rings (SSSR count). The Labute approximate surface area is 221 Å². The summed E-state index contributed by atoms with van der Waals surface area (Å²) in [5.74, 6) is -2.29. The molecular formula is C26H26F2N8O3. The van der Waals surface area contributed by atoms with Crippen LogP contribution in [0, 0.1) is 5.41 Å². The molecule has 0 atom stereocenters. The second-order valence-corrected chi connectivity index (χ2v) is 10.6. The fourth-order valence-electron chi connectivity index (χ4n) is 5.73. The summed E-state index contributed by atoms with van der Waals surface area (Å²) in [6.45, 7) is 3.21. The Bertz CT molecular complexity index is 1560. The number of amides is 1. The Morgan fingerprint density at radius 3 is 2.59 bits per heavy atom. The highest BCUT2D eigenvalue weighted by atomic mass is 19.3. The minimum absolute atomic E-state index is 0.142. The molecule has 2 saturated heterocycles. The molecule has 11 nitrogen and oxygen atoms in total. The minimum Gasteiger partial charge on any atom is -0.422 e. The van der Waals surface area contributed by atoms with Crippen LogP contribution in [0.4, 0.5) is 26.4 Å². The molecule has 3 fully saturated rings. The second kappa shape index (κ2) is 8.70. The molecule has 0 radical (unpaired) electrons. The number of oxazole rings is 1. The number of fused-ring (bicyclic) bond motifs is 1. The molecule has 13 heteroatoms. The number of carbonyl (C=O) groups excluding carboxylic acids is 1. The summed E-state index contributed by atoms with van der Waals surface area (Å²) < 4.78 is 40.3. The van der Waals surface area contributed by atoms with Gasteiger partial charge in [-0.25, -0.2) is 18.7 Å². The Hall–Kier alpha value is -4.13. The van der Waals surface area contributed by atoms with E-state index in [1.54, 1.807) is 29.1 Å². The van der Waals surface area contributed by atoms with Crippen LogP contribution in [0.5, 0.6) is 0 Å². The summed E-state index contributed by atoms with van der Waals surface area (Å²) in [4.78, 5) is 31.2. The molecule has 1 N–H and O–H groups in total. The largest absolute Gasteiger partial charge is 0.422 e. The Morgan fingerprint density at radius 1 is 1.08 bits per heavy atom. The zero-order valence-electron chi connectivity index (χ0n) is 21.2. The fraction of sp³-hybridized carbons (Fsp3) is 0.423. The Morgan fingerprint density at radius 2 is 1.87 bits per heavy atom. The van der Waals surface area contributed by atoms with Gasteiger partial charge in [0.15, 0.2) is 5.58 Å². The van der Waals surface area contributed by atoms with Crippen LogP contribution in [0.25, 0.3) is 22.5 Å². The zero-order valence-corrected chi connectivity index (χ0v) is 21.2. The van der Waals surface area contributed by atoms with Crippen molar-refractivity contribution in [2.45, 2.75) is 18.8 Å². The number of carbonyl (C=O) groups is 1. The van der Waals surface area contributed by atoms with Crippen LogP contribution in [-0.2, 0) is 11.8 Å². The molecule has 1 aliphatic carbocycles. The van der Waals surface area contributed by atoms with Crippen LogP contribution in [-0.4, -0.2) is 76.0 Å². The average Bonchev–Trinajstić information content (AvgIpc) is 3.51. The standard InChI is InChI=1S/C26H26F2N8O3/c1-34-11-16(10-29-34)18-3-2-4-20(30-18)31-23(37)17-9-19-21(33-24(39-19)35-5-7-38-8-6-35)32-22(17)36-14-25(15-36)12-26(27,28)13-25/h2-4,9-11H,5-8,12-15H2,1H3,(H,30,31,37). The fourth-order valence-corrected chi connectivity index (χ4v) is 5.73. The van der Waals surface area contributed by atoms with E-state index in [0.717, 1.165) is 5.56 Å². The van der Waals surface area contributed by atoms with Crippen LogP contribution in [0.1, 0.15) is 23.2 Å². The SMILES string of the molecule is Cn1cc(-c2cccc(NC(=O)c3cc4oc(N5CCOCC5)nc4nc3N3CC4(C3)CC(F)(F)C4)n2)cn1. The normalized spacial score (nSPS) is 19.7. The van der Waals surface area contributed by atoms with Crippen LogP contribution < -0.4 is 15.1 Å². The number of alkyl halides is 2. The van der Waals surface area contributed by atoms with E-state index in [9.17, 15) is 13.6 Å². The highest BCUT2D eigenvalue weighted by Gasteiger charge is 2.62. The van der Waals surface area contributed by atoms with Gasteiger partial charge >= 0.3 is 0 Å². The molecule has 6 heterocycles. The Balaban J connectivity index is 1.20. The van der Waals surface area contributed by atoms with Gasteiger partial charge in [0.05, 0.1) is 30.7 Å². The summed E-state index contributed by atoms with van der Waals surface area (Å²) in [5.41, 5.74) is 2.04. The number of aromatic nitrogens is 5. The molecule has 39 heavy (non-hydrogen) atoms. The number of rotatable bonds is 5. The number of nitrogens with zero attached hydrogens (tertiary/aromatic N) is 7. The maximum atomic E-state index is 13.6. The molecule has 4 aromatic rings. The number of pyridine rings is 2. The summed E-state index contributed by atoms with van der Waals surface area (Å²) in [7, 11) is 1.82. The van der Waals surface area contributed by atoms with Crippen molar-refractivity contribution >= 4 is 34.8 Å². The first-order chi connectivity index (χ1) is 18.8. The van der Waals surface area contributed by atoms with Crippen LogP contribution in [0.3, 0.4) is 0 Å². The molecule has 1 amide bonds. The number of aryl methyl sites for hydroxylation is 1. The molecule has 4 aromatic heterocycles. The number of morpholine rings is 1. The van der Waals surface area contributed by atoms with Gasteiger partial charge in [-0.3, -0.25) is 9.48 Å². The third-order valence-electron chi connectivity index (χ3n) is 7.49. The van der Waals surface area contributed by atoms with Gasteiger partial charge in [-0.05, 0) is 12.1 Å². The van der Waals surface area contributed by atoms with Crippen molar-refractivity contribution in [2.75, 3.05) is 54.5 Å². The third kappa shape index (κ3) is 4.36. The van der Waals surface area contributed by atoms with Crippen molar-refractivity contribution < 1.29 is 22.7 Å². The van der Waals surface area contributed by atoms with Crippen molar-refractivity contribution in [3.05, 3.63) is 42.2 Å². The molecule has 1 spiro atoms. The third-order valence-corrected chi connectivity index (χ3v) is 7.49. The summed E-state index contributed by atoms with van der Waals surface area (Å²) in [6.07, 6.45) is 3.25. The average molecular weight is 537 g/mol. The zero-order chi connectivity index (χ0) is 26.8. The van der Waals surface area contributed by atoms with Gasteiger partial charge in [0, 0.05) is 69.3 Å². The first-order valence-corrected chi connectivity index (χ1v) is 12.8. The monoisotopic (exact) mass is 536 g/mol. The molecule has 0 unspecified atom stereocenters. The van der Waals surface area contributed by atoms with E-state index in [-0.39, 0.29) is 18.4 Å². The lowest BCUT2D eigenvalue weighted by molar-refractivity contribution is -0.170. The van der Waals surface area contributed by atoms with E-state index in [1.807, 2.05) is 29.1 Å². The van der Waals surface area contributed by atoms with Crippen molar-refractivity contribution in [3.8, 4) is 11.3 Å². The lowest BCUT2D eigenvalue weighted by Gasteiger charge is -2.59. The van der Waals surface area contributed by atoms with Gasteiger partial charge in [0.1, 0.15) is 11.6 Å². The van der Waals surface area contributed by atoms with E-state index < -0.39 is 17.2 Å². The van der Waals surface area contributed by atoms with Gasteiger partial charge in [-0.2, -0.15) is 10.1 Å². The molecule has 1 saturated carbocycles. The first-order valence-electron chi connectivity index (χ1n) is 12.8. The Kier molecular flexibility index (Phi) is 5.34. The smallest absolute Gasteiger partial charge is 0.300 e. The van der Waals surface area contributed by atoms with Crippen molar-refractivity contribution in [2.24, 2.45) is 12.5 Å². The second-order valence-electron chi connectivity index (χ2n) is 10.6. The van der Waals surface area contributed by atoms with Gasteiger partial charge in [-0.15, -0.1) is 0 Å². The number of anilines is 3. The number of hydrogen-bond acceptors (Lipinski definition) is 9. The number of nitrogens with one attached hydrogen (secondary N) is 1. The van der Waals surface area contributed by atoms with Crippen LogP contribution in [0.2, 0.25) is 0 Å². The lowest BCUT2D eigenvalue weighted by atomic mass is 9.61. The maximum Gasteiger partial charge on any atom is 0.300 e. The molecular weight excluding hydrogens is 510 g/mol. The predicted molar refractivity (Wildman–Crippen MR) is 138 cm³/mol.